The van der Waals surface area contributed by atoms with Gasteiger partial charge in [-0.05, 0) is 24.3 Å². The summed E-state index contributed by atoms with van der Waals surface area (Å²) in [5.41, 5.74) is 6.00. The van der Waals surface area contributed by atoms with Crippen LogP contribution in [0.3, 0.4) is 0 Å². The number of alkyl halides is 3. The number of nitrogens with two attached hydrogens (primary N) is 1. The summed E-state index contributed by atoms with van der Waals surface area (Å²) in [5.74, 6) is -0.118. The number of benzene rings is 1. The maximum atomic E-state index is 11.8. The van der Waals surface area contributed by atoms with Crippen LogP contribution in [0.25, 0.3) is 0 Å². The SMILES string of the molecule is N/C(=N/O)c1ccc(NC(=O)NCC(F)(F)F)cc1. The number of nitrogens with one attached hydrogen (secondary N) is 2. The molecule has 0 saturated carbocycles. The molecule has 9 heteroatoms. The molecule has 0 atom stereocenters. The second kappa shape index (κ2) is 5.94. The number of urea groups is 1. The Morgan fingerprint density at radius 2 is 1.89 bits per heavy atom. The van der Waals surface area contributed by atoms with Crippen LogP contribution in [0.4, 0.5) is 23.7 Å². The molecule has 0 bridgehead atoms. The largest absolute Gasteiger partial charge is 0.409 e. The van der Waals surface area contributed by atoms with Crippen LogP contribution in [0, 0.1) is 0 Å². The van der Waals surface area contributed by atoms with Crippen LogP contribution in [0.2, 0.25) is 0 Å². The smallest absolute Gasteiger partial charge is 0.405 e. The van der Waals surface area contributed by atoms with E-state index < -0.39 is 18.8 Å². The molecule has 0 radical (unpaired) electrons. The third-order valence-electron chi connectivity index (χ3n) is 2.00. The van der Waals surface area contributed by atoms with E-state index in [-0.39, 0.29) is 11.5 Å². The summed E-state index contributed by atoms with van der Waals surface area (Å²) in [6.45, 7) is -1.42. The molecule has 0 aromatic heterocycles. The van der Waals surface area contributed by atoms with Gasteiger partial charge in [-0.25, -0.2) is 4.79 Å². The summed E-state index contributed by atoms with van der Waals surface area (Å²) in [6, 6.07) is 4.71. The maximum Gasteiger partial charge on any atom is 0.405 e. The van der Waals surface area contributed by atoms with Crippen molar-refractivity contribution in [3.8, 4) is 0 Å². The van der Waals surface area contributed by atoms with Crippen LogP contribution in [0.5, 0.6) is 0 Å². The van der Waals surface area contributed by atoms with Gasteiger partial charge in [0, 0.05) is 11.3 Å². The molecule has 0 saturated heterocycles. The number of anilines is 1. The van der Waals surface area contributed by atoms with Crippen LogP contribution in [0.15, 0.2) is 29.4 Å². The summed E-state index contributed by atoms with van der Waals surface area (Å²) in [5, 5.41) is 15.1. The molecule has 0 fully saturated rings. The van der Waals surface area contributed by atoms with Crippen molar-refractivity contribution in [1.29, 1.82) is 0 Å². The van der Waals surface area contributed by atoms with E-state index in [2.05, 4.69) is 10.5 Å². The van der Waals surface area contributed by atoms with Crippen molar-refractivity contribution >= 4 is 17.6 Å². The summed E-state index contributed by atoms with van der Waals surface area (Å²) >= 11 is 0. The fourth-order valence-corrected chi connectivity index (χ4v) is 1.14. The predicted molar refractivity (Wildman–Crippen MR) is 62.0 cm³/mol. The van der Waals surface area contributed by atoms with Gasteiger partial charge < -0.3 is 21.6 Å². The lowest BCUT2D eigenvalue weighted by molar-refractivity contribution is -0.122. The van der Waals surface area contributed by atoms with Gasteiger partial charge in [-0.15, -0.1) is 0 Å². The highest BCUT2D eigenvalue weighted by molar-refractivity contribution is 5.97. The first-order chi connectivity index (χ1) is 8.81. The summed E-state index contributed by atoms with van der Waals surface area (Å²) in [7, 11) is 0. The fourth-order valence-electron chi connectivity index (χ4n) is 1.14. The molecule has 0 spiro atoms. The van der Waals surface area contributed by atoms with Crippen molar-refractivity contribution in [3.05, 3.63) is 29.8 Å². The van der Waals surface area contributed by atoms with Gasteiger partial charge in [0.2, 0.25) is 0 Å². The Kier molecular flexibility index (Phi) is 4.56. The average Bonchev–Trinajstić information content (AvgIpc) is 2.35. The van der Waals surface area contributed by atoms with Gasteiger partial charge in [0.25, 0.3) is 0 Å². The quantitative estimate of drug-likeness (QED) is 0.291. The Bertz CT molecular complexity index is 471. The molecule has 0 aliphatic heterocycles. The van der Waals surface area contributed by atoms with Crippen molar-refractivity contribution in [2.24, 2.45) is 10.9 Å². The molecule has 0 aliphatic carbocycles. The molecule has 1 rings (SSSR count). The third-order valence-corrected chi connectivity index (χ3v) is 2.00. The number of oxime groups is 1. The zero-order chi connectivity index (χ0) is 14.5. The van der Waals surface area contributed by atoms with E-state index in [1.165, 1.54) is 24.3 Å². The Morgan fingerprint density at radius 1 is 1.32 bits per heavy atom. The van der Waals surface area contributed by atoms with Gasteiger partial charge in [-0.3, -0.25) is 0 Å². The Morgan fingerprint density at radius 3 is 2.37 bits per heavy atom. The predicted octanol–water partition coefficient (Wildman–Crippen LogP) is 1.46. The van der Waals surface area contributed by atoms with E-state index in [4.69, 9.17) is 10.9 Å². The Hall–Kier alpha value is -2.45. The monoisotopic (exact) mass is 276 g/mol. The number of rotatable bonds is 3. The van der Waals surface area contributed by atoms with Gasteiger partial charge in [0.05, 0.1) is 0 Å². The normalized spacial score (nSPS) is 12.1. The standard InChI is InChI=1S/C10H11F3N4O2/c11-10(12,13)5-15-9(18)16-7-3-1-6(2-4-7)8(14)17-19/h1-4,19H,5H2,(H2,14,17)(H2,15,16,18). The molecular weight excluding hydrogens is 265 g/mol. The minimum Gasteiger partial charge on any atom is -0.409 e. The van der Waals surface area contributed by atoms with Crippen LogP contribution in [-0.2, 0) is 0 Å². The van der Waals surface area contributed by atoms with Crippen molar-refractivity contribution in [2.45, 2.75) is 6.18 Å². The van der Waals surface area contributed by atoms with Crippen LogP contribution >= 0.6 is 0 Å². The highest BCUT2D eigenvalue weighted by atomic mass is 19.4. The molecular formula is C10H11F3N4O2. The zero-order valence-corrected chi connectivity index (χ0v) is 9.53. The number of amides is 2. The summed E-state index contributed by atoms with van der Waals surface area (Å²) in [4.78, 5) is 11.1. The lowest BCUT2D eigenvalue weighted by atomic mass is 10.2. The molecule has 19 heavy (non-hydrogen) atoms. The molecule has 0 unspecified atom stereocenters. The summed E-state index contributed by atoms with van der Waals surface area (Å²) in [6.07, 6.45) is -4.47. The molecule has 1 aromatic carbocycles. The molecule has 0 aliphatic rings. The number of amidine groups is 1. The lowest BCUT2D eigenvalue weighted by Gasteiger charge is -2.10. The number of carbonyl (C=O) groups excluding carboxylic acids is 1. The zero-order valence-electron chi connectivity index (χ0n) is 9.53. The van der Waals surface area contributed by atoms with E-state index in [1.807, 2.05) is 0 Å². The third kappa shape index (κ3) is 5.15. The Labute approximate surface area is 106 Å². The number of nitrogens with zero attached hydrogens (tertiary/aromatic N) is 1. The van der Waals surface area contributed by atoms with Gasteiger partial charge in [-0.1, -0.05) is 5.16 Å². The van der Waals surface area contributed by atoms with Crippen molar-refractivity contribution in [3.63, 3.8) is 0 Å². The molecule has 6 nitrogen and oxygen atoms in total. The fraction of sp³-hybridized carbons (Fsp3) is 0.200. The van der Waals surface area contributed by atoms with Crippen molar-refractivity contribution < 1.29 is 23.2 Å². The van der Waals surface area contributed by atoms with Gasteiger partial charge in [0.1, 0.15) is 6.54 Å². The molecule has 5 N–H and O–H groups in total. The second-order valence-corrected chi connectivity index (χ2v) is 3.49. The molecule has 104 valence electrons. The minimum absolute atomic E-state index is 0.118. The first-order valence-corrected chi connectivity index (χ1v) is 5.01. The van der Waals surface area contributed by atoms with Gasteiger partial charge in [-0.2, -0.15) is 13.2 Å². The lowest BCUT2D eigenvalue weighted by Crippen LogP contribution is -2.36. The molecule has 2 amide bonds. The van der Waals surface area contributed by atoms with Crippen LogP contribution in [-0.4, -0.2) is 29.8 Å². The van der Waals surface area contributed by atoms with Crippen LogP contribution < -0.4 is 16.4 Å². The van der Waals surface area contributed by atoms with Crippen molar-refractivity contribution in [1.82, 2.24) is 5.32 Å². The number of hydrogen-bond donors (Lipinski definition) is 4. The average molecular weight is 276 g/mol. The first kappa shape index (κ1) is 14.6. The minimum atomic E-state index is -4.47. The van der Waals surface area contributed by atoms with E-state index in [0.29, 0.717) is 5.56 Å². The number of hydrogen-bond acceptors (Lipinski definition) is 3. The van der Waals surface area contributed by atoms with Gasteiger partial charge in [0.15, 0.2) is 5.84 Å². The van der Waals surface area contributed by atoms with Gasteiger partial charge >= 0.3 is 12.2 Å². The highest BCUT2D eigenvalue weighted by Crippen LogP contribution is 2.13. The van der Waals surface area contributed by atoms with E-state index in [1.54, 1.807) is 5.32 Å². The molecule has 0 heterocycles. The molecule has 1 aromatic rings. The summed E-state index contributed by atoms with van der Waals surface area (Å²) < 4.78 is 35.5. The first-order valence-electron chi connectivity index (χ1n) is 5.01. The number of halogens is 3. The van der Waals surface area contributed by atoms with E-state index >= 15 is 0 Å². The van der Waals surface area contributed by atoms with E-state index in [0.717, 1.165) is 0 Å². The van der Waals surface area contributed by atoms with Crippen molar-refractivity contribution in [2.75, 3.05) is 11.9 Å². The second-order valence-electron chi connectivity index (χ2n) is 3.49. The maximum absolute atomic E-state index is 11.8. The highest BCUT2D eigenvalue weighted by Gasteiger charge is 2.27. The Balaban J connectivity index is 2.56. The van der Waals surface area contributed by atoms with E-state index in [9.17, 15) is 18.0 Å². The topological polar surface area (TPSA) is 99.7 Å². The number of carbonyl (C=O) groups is 1. The van der Waals surface area contributed by atoms with Crippen LogP contribution in [0.1, 0.15) is 5.56 Å².